The van der Waals surface area contributed by atoms with Crippen molar-refractivity contribution in [3.8, 4) is 17.3 Å². The van der Waals surface area contributed by atoms with E-state index < -0.39 is 0 Å². The fourth-order valence-corrected chi connectivity index (χ4v) is 4.52. The number of aryl methyl sites for hydroxylation is 1. The lowest BCUT2D eigenvalue weighted by Gasteiger charge is -2.27. The third kappa shape index (κ3) is 3.50. The van der Waals surface area contributed by atoms with Crippen LogP contribution in [0.2, 0.25) is 0 Å². The minimum absolute atomic E-state index is 0.111. The van der Waals surface area contributed by atoms with E-state index in [9.17, 15) is 4.79 Å². The Labute approximate surface area is 181 Å². The highest BCUT2D eigenvalue weighted by Crippen LogP contribution is 2.34. The lowest BCUT2D eigenvalue weighted by Crippen LogP contribution is -2.40. The predicted molar refractivity (Wildman–Crippen MR) is 119 cm³/mol. The highest BCUT2D eigenvalue weighted by molar-refractivity contribution is 6.01. The molecule has 0 spiro atoms. The van der Waals surface area contributed by atoms with Gasteiger partial charge in [0.05, 0.1) is 7.11 Å². The number of pyridine rings is 1. The second-order valence-electron chi connectivity index (χ2n) is 7.97. The first kappa shape index (κ1) is 19.5. The van der Waals surface area contributed by atoms with Gasteiger partial charge in [0.1, 0.15) is 23.3 Å². The summed E-state index contributed by atoms with van der Waals surface area (Å²) in [6.07, 6.45) is 5.37. The molecule has 1 aliphatic heterocycles. The van der Waals surface area contributed by atoms with Crippen molar-refractivity contribution in [2.45, 2.75) is 31.7 Å². The Morgan fingerprint density at radius 2 is 1.97 bits per heavy atom. The number of likely N-dealkylation sites (N-methyl/N-ethyl adjacent to an activating group) is 1. The summed E-state index contributed by atoms with van der Waals surface area (Å²) in [6.45, 7) is 0.704. The molecule has 1 fully saturated rings. The van der Waals surface area contributed by atoms with Gasteiger partial charge in [-0.05, 0) is 43.9 Å². The van der Waals surface area contributed by atoms with Gasteiger partial charge in [0.25, 0.3) is 0 Å². The second-order valence-corrected chi connectivity index (χ2v) is 7.97. The van der Waals surface area contributed by atoms with Crippen LogP contribution in [-0.2, 0) is 17.6 Å². The van der Waals surface area contributed by atoms with E-state index in [1.54, 1.807) is 19.4 Å². The number of carbonyl (C=O) groups excluding carboxylic acids is 1. The molecule has 1 atom stereocenters. The van der Waals surface area contributed by atoms with E-state index in [1.807, 2.05) is 53.2 Å². The molecular weight excluding hydrogens is 390 g/mol. The lowest BCUT2D eigenvalue weighted by atomic mass is 10.1. The third-order valence-corrected chi connectivity index (χ3v) is 6.15. The largest absolute Gasteiger partial charge is 0.497 e. The number of para-hydroxylation sites is 1. The summed E-state index contributed by atoms with van der Waals surface area (Å²) >= 11 is 0. The van der Waals surface area contributed by atoms with Crippen molar-refractivity contribution in [2.75, 3.05) is 30.5 Å². The molecule has 2 aliphatic rings. The standard InChI is InChI=1S/C24H25N5O2/c1-28(21-12-14-29(24(21)30)16-7-4-3-5-8-16)23-18-9-6-10-19(18)26-22(27-23)20-15-17(31-2)11-13-25-20/h3-5,7-8,11,13,15,21H,6,9-10,12,14H2,1-2H3/t21-/m0/s1. The molecule has 2 aromatic heterocycles. The molecule has 0 saturated carbocycles. The van der Waals surface area contributed by atoms with E-state index in [0.29, 0.717) is 23.8 Å². The normalized spacial score (nSPS) is 17.7. The molecule has 7 heteroatoms. The van der Waals surface area contributed by atoms with Crippen molar-refractivity contribution < 1.29 is 9.53 Å². The van der Waals surface area contributed by atoms with Crippen LogP contribution in [-0.4, -0.2) is 47.6 Å². The number of carbonyl (C=O) groups is 1. The fourth-order valence-electron chi connectivity index (χ4n) is 4.52. The van der Waals surface area contributed by atoms with E-state index in [-0.39, 0.29) is 11.9 Å². The predicted octanol–water partition coefficient (Wildman–Crippen LogP) is 3.28. The Kier molecular flexibility index (Phi) is 5.02. The van der Waals surface area contributed by atoms with Gasteiger partial charge in [-0.3, -0.25) is 9.78 Å². The number of amides is 1. The molecule has 1 aromatic carbocycles. The number of fused-ring (bicyclic) bond motifs is 1. The molecule has 1 aliphatic carbocycles. The number of ether oxygens (including phenoxy) is 1. The van der Waals surface area contributed by atoms with E-state index in [4.69, 9.17) is 14.7 Å². The van der Waals surface area contributed by atoms with Gasteiger partial charge in [0, 0.05) is 42.8 Å². The summed E-state index contributed by atoms with van der Waals surface area (Å²) in [7, 11) is 3.60. The number of methoxy groups -OCH3 is 1. The van der Waals surface area contributed by atoms with Crippen LogP contribution in [0.1, 0.15) is 24.1 Å². The number of hydrogen-bond donors (Lipinski definition) is 0. The molecule has 3 aromatic rings. The van der Waals surface area contributed by atoms with Gasteiger partial charge in [-0.25, -0.2) is 9.97 Å². The zero-order valence-corrected chi connectivity index (χ0v) is 17.8. The van der Waals surface area contributed by atoms with Gasteiger partial charge < -0.3 is 14.5 Å². The topological polar surface area (TPSA) is 71.5 Å². The van der Waals surface area contributed by atoms with Crippen LogP contribution in [0.3, 0.4) is 0 Å². The molecule has 7 nitrogen and oxygen atoms in total. The Morgan fingerprint density at radius 3 is 2.77 bits per heavy atom. The maximum Gasteiger partial charge on any atom is 0.249 e. The van der Waals surface area contributed by atoms with E-state index in [0.717, 1.165) is 48.4 Å². The highest BCUT2D eigenvalue weighted by atomic mass is 16.5. The molecule has 1 amide bonds. The Hall–Kier alpha value is -3.48. The van der Waals surface area contributed by atoms with E-state index in [2.05, 4.69) is 4.98 Å². The number of rotatable bonds is 5. The van der Waals surface area contributed by atoms with Crippen LogP contribution in [0.4, 0.5) is 11.5 Å². The van der Waals surface area contributed by atoms with Crippen LogP contribution in [0.5, 0.6) is 5.75 Å². The average Bonchev–Trinajstić information content (AvgIpc) is 3.45. The first-order valence-corrected chi connectivity index (χ1v) is 10.6. The van der Waals surface area contributed by atoms with Crippen LogP contribution in [0, 0.1) is 0 Å². The molecular formula is C24H25N5O2. The zero-order valence-electron chi connectivity index (χ0n) is 17.8. The minimum atomic E-state index is -0.245. The van der Waals surface area contributed by atoms with Gasteiger partial charge in [-0.15, -0.1) is 0 Å². The molecule has 0 radical (unpaired) electrons. The van der Waals surface area contributed by atoms with Gasteiger partial charge in [-0.1, -0.05) is 18.2 Å². The van der Waals surface area contributed by atoms with Gasteiger partial charge in [-0.2, -0.15) is 0 Å². The van der Waals surface area contributed by atoms with Crippen molar-refractivity contribution in [1.82, 2.24) is 15.0 Å². The number of aromatic nitrogens is 3. The Bertz CT molecular complexity index is 1120. The van der Waals surface area contributed by atoms with Crippen molar-refractivity contribution in [1.29, 1.82) is 0 Å². The quantitative estimate of drug-likeness (QED) is 0.637. The van der Waals surface area contributed by atoms with Crippen molar-refractivity contribution in [2.24, 2.45) is 0 Å². The summed E-state index contributed by atoms with van der Waals surface area (Å²) in [4.78, 5) is 31.3. The first-order chi connectivity index (χ1) is 15.2. The van der Waals surface area contributed by atoms with Gasteiger partial charge in [0.15, 0.2) is 5.82 Å². The maximum absolute atomic E-state index is 13.3. The second kappa shape index (κ2) is 7.98. The van der Waals surface area contributed by atoms with E-state index in [1.165, 1.54) is 0 Å². The fraction of sp³-hybridized carbons (Fsp3) is 0.333. The number of anilines is 2. The molecule has 5 rings (SSSR count). The van der Waals surface area contributed by atoms with Gasteiger partial charge in [0.2, 0.25) is 5.91 Å². The number of nitrogens with zero attached hydrogens (tertiary/aromatic N) is 5. The SMILES string of the molecule is COc1ccnc(-c2nc3c(c(N(C)[C@H]4CCN(c5ccccc5)C4=O)n2)CCC3)c1. The summed E-state index contributed by atoms with van der Waals surface area (Å²) < 4.78 is 5.34. The van der Waals surface area contributed by atoms with Crippen molar-refractivity contribution in [3.05, 3.63) is 59.9 Å². The highest BCUT2D eigenvalue weighted by Gasteiger charge is 2.37. The summed E-state index contributed by atoms with van der Waals surface area (Å²) in [5.74, 6) is 2.25. The van der Waals surface area contributed by atoms with Crippen LogP contribution in [0.25, 0.3) is 11.5 Å². The summed E-state index contributed by atoms with van der Waals surface area (Å²) in [5.41, 5.74) is 3.83. The van der Waals surface area contributed by atoms with Crippen LogP contribution in [0.15, 0.2) is 48.7 Å². The van der Waals surface area contributed by atoms with Crippen molar-refractivity contribution in [3.63, 3.8) is 0 Å². The zero-order chi connectivity index (χ0) is 21.4. The molecule has 0 unspecified atom stereocenters. The van der Waals surface area contributed by atoms with E-state index >= 15 is 0 Å². The molecule has 1 saturated heterocycles. The lowest BCUT2D eigenvalue weighted by molar-refractivity contribution is -0.118. The third-order valence-electron chi connectivity index (χ3n) is 6.15. The van der Waals surface area contributed by atoms with Crippen LogP contribution >= 0.6 is 0 Å². The van der Waals surface area contributed by atoms with Gasteiger partial charge >= 0.3 is 0 Å². The first-order valence-electron chi connectivity index (χ1n) is 10.6. The maximum atomic E-state index is 13.3. The number of benzene rings is 1. The molecule has 31 heavy (non-hydrogen) atoms. The molecule has 0 bridgehead atoms. The Balaban J connectivity index is 1.50. The molecule has 158 valence electrons. The monoisotopic (exact) mass is 415 g/mol. The minimum Gasteiger partial charge on any atom is -0.497 e. The molecule has 3 heterocycles. The summed E-state index contributed by atoms with van der Waals surface area (Å²) in [6, 6.07) is 13.3. The average molecular weight is 415 g/mol. The smallest absolute Gasteiger partial charge is 0.249 e. The Morgan fingerprint density at radius 1 is 1.13 bits per heavy atom. The van der Waals surface area contributed by atoms with Crippen LogP contribution < -0.4 is 14.5 Å². The van der Waals surface area contributed by atoms with Crippen molar-refractivity contribution >= 4 is 17.4 Å². The number of hydrogen-bond acceptors (Lipinski definition) is 6. The molecule has 0 N–H and O–H groups in total. The summed E-state index contributed by atoms with van der Waals surface area (Å²) in [5, 5.41) is 0.